The molecule has 0 radical (unpaired) electrons. The van der Waals surface area contributed by atoms with Crippen molar-refractivity contribution in [3.05, 3.63) is 41.6 Å². The smallest absolute Gasteiger partial charge is 0.252 e. The summed E-state index contributed by atoms with van der Waals surface area (Å²) in [7, 11) is 1.67. The van der Waals surface area contributed by atoms with Gasteiger partial charge in [-0.25, -0.2) is 0 Å². The van der Waals surface area contributed by atoms with E-state index in [1.807, 2.05) is 30.3 Å². The van der Waals surface area contributed by atoms with Gasteiger partial charge >= 0.3 is 0 Å². The molecular formula is C17H20N2O2. The van der Waals surface area contributed by atoms with Gasteiger partial charge in [-0.15, -0.1) is 0 Å². The van der Waals surface area contributed by atoms with Crippen LogP contribution in [0.5, 0.6) is 0 Å². The monoisotopic (exact) mass is 284 g/mol. The van der Waals surface area contributed by atoms with Crippen LogP contribution in [0.1, 0.15) is 41.2 Å². The number of hydrogen-bond acceptors (Lipinski definition) is 3. The Morgan fingerprint density at radius 2 is 2.19 bits per heavy atom. The molecule has 1 aromatic heterocycles. The van der Waals surface area contributed by atoms with E-state index >= 15 is 0 Å². The Bertz CT molecular complexity index is 650. The molecule has 1 aliphatic carbocycles. The zero-order valence-corrected chi connectivity index (χ0v) is 12.3. The number of fused-ring (bicyclic) bond motifs is 1. The van der Waals surface area contributed by atoms with Crippen molar-refractivity contribution in [2.24, 2.45) is 0 Å². The van der Waals surface area contributed by atoms with Crippen molar-refractivity contribution in [1.29, 1.82) is 0 Å². The number of carbonyl (C=O) groups excluding carboxylic acids is 1. The number of pyridine rings is 1. The van der Waals surface area contributed by atoms with E-state index in [0.717, 1.165) is 28.6 Å². The number of aromatic nitrogens is 1. The molecule has 21 heavy (non-hydrogen) atoms. The summed E-state index contributed by atoms with van der Waals surface area (Å²) in [4.78, 5) is 17.1. The van der Waals surface area contributed by atoms with E-state index in [9.17, 15) is 4.79 Å². The Morgan fingerprint density at radius 1 is 1.38 bits per heavy atom. The van der Waals surface area contributed by atoms with Crippen LogP contribution in [0.4, 0.5) is 0 Å². The molecule has 2 aromatic rings. The zero-order valence-electron chi connectivity index (χ0n) is 12.3. The summed E-state index contributed by atoms with van der Waals surface area (Å²) in [5.41, 5.74) is 2.69. The lowest BCUT2D eigenvalue weighted by molar-refractivity contribution is 0.0950. The van der Waals surface area contributed by atoms with E-state index in [2.05, 4.69) is 10.3 Å². The van der Waals surface area contributed by atoms with Crippen molar-refractivity contribution < 1.29 is 9.53 Å². The molecule has 1 aromatic carbocycles. The Kier molecular flexibility index (Phi) is 4.15. The number of amides is 1. The van der Waals surface area contributed by atoms with Crippen LogP contribution in [0.3, 0.4) is 0 Å². The van der Waals surface area contributed by atoms with Gasteiger partial charge in [-0.05, 0) is 31.4 Å². The molecule has 1 saturated carbocycles. The van der Waals surface area contributed by atoms with E-state index in [0.29, 0.717) is 19.1 Å². The highest BCUT2D eigenvalue weighted by atomic mass is 16.5. The first-order valence-electron chi connectivity index (χ1n) is 7.46. The molecule has 1 aliphatic rings. The summed E-state index contributed by atoms with van der Waals surface area (Å²) in [5, 5.41) is 3.89. The fourth-order valence-corrected chi connectivity index (χ4v) is 2.49. The standard InChI is InChI=1S/C17H20N2O2/c1-21-10-4-9-18-17(20)14-11-16(12-7-8-12)19-15-6-3-2-5-13(14)15/h2-3,5-6,11-12H,4,7-10H2,1H3,(H,18,20). The van der Waals surface area contributed by atoms with E-state index in [-0.39, 0.29) is 5.91 Å². The number of methoxy groups -OCH3 is 1. The van der Waals surface area contributed by atoms with Crippen LogP contribution in [-0.4, -0.2) is 31.2 Å². The number of carbonyl (C=O) groups is 1. The predicted molar refractivity (Wildman–Crippen MR) is 82.5 cm³/mol. The second-order valence-corrected chi connectivity index (χ2v) is 5.49. The van der Waals surface area contributed by atoms with Crippen LogP contribution in [0, 0.1) is 0 Å². The van der Waals surface area contributed by atoms with Crippen molar-refractivity contribution in [1.82, 2.24) is 10.3 Å². The Labute approximate surface area is 124 Å². The minimum atomic E-state index is -0.0217. The van der Waals surface area contributed by atoms with Gasteiger partial charge in [-0.1, -0.05) is 18.2 Å². The number of ether oxygens (including phenoxy) is 1. The highest BCUT2D eigenvalue weighted by Gasteiger charge is 2.26. The third-order valence-corrected chi connectivity index (χ3v) is 3.79. The maximum Gasteiger partial charge on any atom is 0.252 e. The molecule has 0 saturated heterocycles. The van der Waals surface area contributed by atoms with Gasteiger partial charge in [0.25, 0.3) is 5.91 Å². The van der Waals surface area contributed by atoms with E-state index in [1.54, 1.807) is 7.11 Å². The van der Waals surface area contributed by atoms with Crippen molar-refractivity contribution in [3.63, 3.8) is 0 Å². The quantitative estimate of drug-likeness (QED) is 0.830. The highest BCUT2D eigenvalue weighted by Crippen LogP contribution is 2.40. The van der Waals surface area contributed by atoms with Gasteiger partial charge in [0.15, 0.2) is 0 Å². The van der Waals surface area contributed by atoms with Crippen LogP contribution < -0.4 is 5.32 Å². The fourth-order valence-electron chi connectivity index (χ4n) is 2.49. The minimum absolute atomic E-state index is 0.0217. The van der Waals surface area contributed by atoms with Gasteiger partial charge in [0.1, 0.15) is 0 Å². The Morgan fingerprint density at radius 3 is 2.95 bits per heavy atom. The molecule has 4 nitrogen and oxygen atoms in total. The number of rotatable bonds is 6. The molecule has 1 fully saturated rings. The molecule has 0 atom stereocenters. The van der Waals surface area contributed by atoms with Gasteiger partial charge in [0, 0.05) is 37.3 Å². The maximum atomic E-state index is 12.4. The maximum absolute atomic E-state index is 12.4. The molecule has 0 aliphatic heterocycles. The van der Waals surface area contributed by atoms with Crippen LogP contribution in [-0.2, 0) is 4.74 Å². The number of benzene rings is 1. The molecule has 1 N–H and O–H groups in total. The van der Waals surface area contributed by atoms with Crippen molar-refractivity contribution in [2.45, 2.75) is 25.2 Å². The Balaban J connectivity index is 1.86. The van der Waals surface area contributed by atoms with Gasteiger partial charge in [-0.2, -0.15) is 0 Å². The predicted octanol–water partition coefficient (Wildman–Crippen LogP) is 2.88. The van der Waals surface area contributed by atoms with Gasteiger partial charge in [-0.3, -0.25) is 9.78 Å². The average Bonchev–Trinajstić information content (AvgIpc) is 3.35. The zero-order chi connectivity index (χ0) is 14.7. The SMILES string of the molecule is COCCCNC(=O)c1cc(C2CC2)nc2ccccc12. The van der Waals surface area contributed by atoms with Crippen LogP contribution in [0.2, 0.25) is 0 Å². The first kappa shape index (κ1) is 14.0. The summed E-state index contributed by atoms with van der Waals surface area (Å²) in [6.07, 6.45) is 3.18. The second-order valence-electron chi connectivity index (χ2n) is 5.49. The van der Waals surface area contributed by atoms with Gasteiger partial charge in [0.05, 0.1) is 11.1 Å². The first-order chi connectivity index (χ1) is 10.3. The third kappa shape index (κ3) is 3.22. The molecular weight excluding hydrogens is 264 g/mol. The molecule has 1 amide bonds. The third-order valence-electron chi connectivity index (χ3n) is 3.79. The summed E-state index contributed by atoms with van der Waals surface area (Å²) < 4.78 is 5.00. The van der Waals surface area contributed by atoms with Crippen molar-refractivity contribution >= 4 is 16.8 Å². The summed E-state index contributed by atoms with van der Waals surface area (Å²) in [5.74, 6) is 0.515. The molecule has 0 spiro atoms. The molecule has 110 valence electrons. The van der Waals surface area contributed by atoms with Gasteiger partial charge < -0.3 is 10.1 Å². The van der Waals surface area contributed by atoms with E-state index < -0.39 is 0 Å². The molecule has 4 heteroatoms. The summed E-state index contributed by atoms with van der Waals surface area (Å²) in [6.45, 7) is 1.28. The first-order valence-corrected chi connectivity index (χ1v) is 7.46. The average molecular weight is 284 g/mol. The minimum Gasteiger partial charge on any atom is -0.385 e. The lowest BCUT2D eigenvalue weighted by Crippen LogP contribution is -2.25. The lowest BCUT2D eigenvalue weighted by atomic mass is 10.1. The second kappa shape index (κ2) is 6.22. The van der Waals surface area contributed by atoms with Crippen LogP contribution in [0.15, 0.2) is 30.3 Å². The summed E-state index contributed by atoms with van der Waals surface area (Å²) >= 11 is 0. The number of nitrogens with zero attached hydrogens (tertiary/aromatic N) is 1. The van der Waals surface area contributed by atoms with Crippen molar-refractivity contribution in [3.8, 4) is 0 Å². The summed E-state index contributed by atoms with van der Waals surface area (Å²) in [6, 6.07) is 9.81. The van der Waals surface area contributed by atoms with E-state index in [4.69, 9.17) is 4.74 Å². The Hall–Kier alpha value is -1.94. The number of para-hydroxylation sites is 1. The molecule has 1 heterocycles. The largest absolute Gasteiger partial charge is 0.385 e. The molecule has 0 unspecified atom stereocenters. The number of hydrogen-bond donors (Lipinski definition) is 1. The lowest BCUT2D eigenvalue weighted by Gasteiger charge is -2.10. The van der Waals surface area contributed by atoms with Crippen LogP contribution in [0.25, 0.3) is 10.9 Å². The van der Waals surface area contributed by atoms with Gasteiger partial charge in [0.2, 0.25) is 0 Å². The van der Waals surface area contributed by atoms with Crippen molar-refractivity contribution in [2.75, 3.05) is 20.3 Å². The normalized spacial score (nSPS) is 14.3. The highest BCUT2D eigenvalue weighted by molar-refractivity contribution is 6.06. The number of nitrogens with one attached hydrogen (secondary N) is 1. The topological polar surface area (TPSA) is 51.2 Å². The van der Waals surface area contributed by atoms with E-state index in [1.165, 1.54) is 12.8 Å². The molecule has 3 rings (SSSR count). The van der Waals surface area contributed by atoms with Crippen LogP contribution >= 0.6 is 0 Å². The molecule has 0 bridgehead atoms. The fraction of sp³-hybridized carbons (Fsp3) is 0.412.